The molecule has 0 aromatic heterocycles. The summed E-state index contributed by atoms with van der Waals surface area (Å²) in [5, 5.41) is 12.0. The molecule has 0 heterocycles. The third kappa shape index (κ3) is 3.83. The van der Waals surface area contributed by atoms with Crippen LogP contribution in [0.15, 0.2) is 42.5 Å². The Hall–Kier alpha value is -1.84. The van der Waals surface area contributed by atoms with Crippen LogP contribution in [0.25, 0.3) is 0 Å². The summed E-state index contributed by atoms with van der Waals surface area (Å²) in [5.74, 6) is 1.70. The van der Waals surface area contributed by atoms with E-state index in [0.717, 1.165) is 29.2 Å². The van der Waals surface area contributed by atoms with E-state index in [4.69, 9.17) is 9.84 Å². The van der Waals surface area contributed by atoms with Gasteiger partial charge in [-0.2, -0.15) is 0 Å². The molecule has 0 unspecified atom stereocenters. The summed E-state index contributed by atoms with van der Waals surface area (Å²) in [6, 6.07) is 14.1. The van der Waals surface area contributed by atoms with Crippen molar-refractivity contribution in [2.45, 2.75) is 19.9 Å². The molecular formula is C17H21NO2. The van der Waals surface area contributed by atoms with Gasteiger partial charge in [-0.1, -0.05) is 24.3 Å². The predicted octanol–water partition coefficient (Wildman–Crippen LogP) is 3.04. The summed E-state index contributed by atoms with van der Waals surface area (Å²) < 4.78 is 5.94. The zero-order valence-corrected chi connectivity index (χ0v) is 12.0. The van der Waals surface area contributed by atoms with Gasteiger partial charge in [0, 0.05) is 13.2 Å². The summed E-state index contributed by atoms with van der Waals surface area (Å²) in [5.41, 5.74) is 3.43. The van der Waals surface area contributed by atoms with Gasteiger partial charge in [-0.25, -0.2) is 0 Å². The number of rotatable bonds is 6. The minimum Gasteiger partial charge on any atom is -0.457 e. The molecule has 0 saturated heterocycles. The molecule has 2 N–H and O–H groups in total. The molecule has 20 heavy (non-hydrogen) atoms. The van der Waals surface area contributed by atoms with Gasteiger partial charge in [0.1, 0.15) is 11.5 Å². The minimum absolute atomic E-state index is 0.172. The number of ether oxygens (including phenoxy) is 1. The topological polar surface area (TPSA) is 41.5 Å². The maximum Gasteiger partial charge on any atom is 0.130 e. The van der Waals surface area contributed by atoms with Crippen molar-refractivity contribution in [3.8, 4) is 11.5 Å². The molecule has 0 bridgehead atoms. The number of aliphatic hydroxyl groups excluding tert-OH is 1. The lowest BCUT2D eigenvalue weighted by Gasteiger charge is -2.11. The Morgan fingerprint density at radius 2 is 1.75 bits per heavy atom. The Morgan fingerprint density at radius 3 is 2.40 bits per heavy atom. The Morgan fingerprint density at radius 1 is 1.05 bits per heavy atom. The van der Waals surface area contributed by atoms with Crippen molar-refractivity contribution in [3.63, 3.8) is 0 Å². The largest absolute Gasteiger partial charge is 0.457 e. The predicted molar refractivity (Wildman–Crippen MR) is 81.2 cm³/mol. The van der Waals surface area contributed by atoms with Gasteiger partial charge in [-0.15, -0.1) is 0 Å². The van der Waals surface area contributed by atoms with Crippen molar-refractivity contribution in [1.82, 2.24) is 5.32 Å². The lowest BCUT2D eigenvalue weighted by Crippen LogP contribution is -2.05. The van der Waals surface area contributed by atoms with Crippen LogP contribution in [0.2, 0.25) is 0 Å². The molecule has 0 aliphatic heterocycles. The maximum atomic E-state index is 8.90. The van der Waals surface area contributed by atoms with E-state index >= 15 is 0 Å². The highest BCUT2D eigenvalue weighted by Gasteiger charge is 2.03. The highest BCUT2D eigenvalue weighted by atomic mass is 16.5. The standard InChI is InChI=1S/C17H21NO2/c1-13-3-4-15(12-18-2)11-17(13)20-16-7-5-14(6-8-16)9-10-19/h3-8,11,18-19H,9-10,12H2,1-2H3. The Kier molecular flexibility index (Phi) is 5.16. The van der Waals surface area contributed by atoms with Gasteiger partial charge in [-0.05, 0) is 55.3 Å². The van der Waals surface area contributed by atoms with Gasteiger partial charge in [0.05, 0.1) is 0 Å². The lowest BCUT2D eigenvalue weighted by molar-refractivity contribution is 0.299. The van der Waals surface area contributed by atoms with Gasteiger partial charge < -0.3 is 15.2 Å². The fraction of sp³-hybridized carbons (Fsp3) is 0.294. The van der Waals surface area contributed by atoms with Crippen LogP contribution in [-0.4, -0.2) is 18.8 Å². The quantitative estimate of drug-likeness (QED) is 0.848. The van der Waals surface area contributed by atoms with Crippen LogP contribution in [0.5, 0.6) is 11.5 Å². The first kappa shape index (κ1) is 14.6. The van der Waals surface area contributed by atoms with E-state index in [9.17, 15) is 0 Å². The summed E-state index contributed by atoms with van der Waals surface area (Å²) >= 11 is 0. The van der Waals surface area contributed by atoms with Gasteiger partial charge in [0.2, 0.25) is 0 Å². The third-order valence-corrected chi connectivity index (χ3v) is 3.19. The molecule has 2 aromatic carbocycles. The monoisotopic (exact) mass is 271 g/mol. The molecule has 0 radical (unpaired) electrons. The second kappa shape index (κ2) is 7.08. The van der Waals surface area contributed by atoms with Crippen LogP contribution in [0.1, 0.15) is 16.7 Å². The number of hydrogen-bond acceptors (Lipinski definition) is 3. The first-order valence-corrected chi connectivity index (χ1v) is 6.84. The molecule has 2 rings (SSSR count). The van der Waals surface area contributed by atoms with E-state index in [1.807, 2.05) is 38.2 Å². The average molecular weight is 271 g/mol. The van der Waals surface area contributed by atoms with Crippen molar-refractivity contribution in [2.75, 3.05) is 13.7 Å². The van der Waals surface area contributed by atoms with Gasteiger partial charge in [0.25, 0.3) is 0 Å². The van der Waals surface area contributed by atoms with Crippen molar-refractivity contribution in [2.24, 2.45) is 0 Å². The average Bonchev–Trinajstić information content (AvgIpc) is 2.45. The Labute approximate surface area is 120 Å². The Balaban J connectivity index is 2.14. The highest BCUT2D eigenvalue weighted by molar-refractivity contribution is 5.40. The van der Waals surface area contributed by atoms with Crippen molar-refractivity contribution >= 4 is 0 Å². The molecule has 0 amide bonds. The van der Waals surface area contributed by atoms with E-state index in [-0.39, 0.29) is 6.61 Å². The molecule has 0 aliphatic rings. The molecule has 0 spiro atoms. The van der Waals surface area contributed by atoms with Crippen LogP contribution in [0.4, 0.5) is 0 Å². The molecule has 3 nitrogen and oxygen atoms in total. The molecule has 0 aliphatic carbocycles. The number of benzene rings is 2. The smallest absolute Gasteiger partial charge is 0.130 e. The van der Waals surface area contributed by atoms with E-state index in [1.54, 1.807) is 0 Å². The van der Waals surface area contributed by atoms with Crippen LogP contribution in [0.3, 0.4) is 0 Å². The van der Waals surface area contributed by atoms with Gasteiger partial charge >= 0.3 is 0 Å². The molecule has 0 saturated carbocycles. The van der Waals surface area contributed by atoms with Crippen LogP contribution >= 0.6 is 0 Å². The lowest BCUT2D eigenvalue weighted by atomic mass is 10.1. The third-order valence-electron chi connectivity index (χ3n) is 3.19. The second-order valence-electron chi connectivity index (χ2n) is 4.85. The summed E-state index contributed by atoms with van der Waals surface area (Å²) in [6.07, 6.45) is 0.678. The summed E-state index contributed by atoms with van der Waals surface area (Å²) in [7, 11) is 1.93. The fourth-order valence-electron chi connectivity index (χ4n) is 2.05. The van der Waals surface area contributed by atoms with Gasteiger partial charge in [0.15, 0.2) is 0 Å². The van der Waals surface area contributed by atoms with Crippen LogP contribution in [0, 0.1) is 6.92 Å². The van der Waals surface area contributed by atoms with E-state index in [2.05, 4.69) is 23.5 Å². The summed E-state index contributed by atoms with van der Waals surface area (Å²) in [4.78, 5) is 0. The van der Waals surface area contributed by atoms with Gasteiger partial charge in [-0.3, -0.25) is 0 Å². The van der Waals surface area contributed by atoms with E-state index in [1.165, 1.54) is 5.56 Å². The number of aryl methyl sites for hydroxylation is 1. The molecule has 0 atom stereocenters. The molecule has 0 fully saturated rings. The Bertz CT molecular complexity index is 549. The van der Waals surface area contributed by atoms with E-state index in [0.29, 0.717) is 6.42 Å². The summed E-state index contributed by atoms with van der Waals surface area (Å²) in [6.45, 7) is 3.04. The molecule has 2 aromatic rings. The zero-order valence-electron chi connectivity index (χ0n) is 12.0. The fourth-order valence-corrected chi connectivity index (χ4v) is 2.05. The number of aliphatic hydroxyl groups is 1. The van der Waals surface area contributed by atoms with Crippen molar-refractivity contribution in [3.05, 3.63) is 59.2 Å². The van der Waals surface area contributed by atoms with Crippen molar-refractivity contribution in [1.29, 1.82) is 0 Å². The first-order chi connectivity index (χ1) is 9.72. The second-order valence-corrected chi connectivity index (χ2v) is 4.85. The van der Waals surface area contributed by atoms with Crippen LogP contribution < -0.4 is 10.1 Å². The SMILES string of the molecule is CNCc1ccc(C)c(Oc2ccc(CCO)cc2)c1. The normalized spacial score (nSPS) is 10.6. The minimum atomic E-state index is 0.172. The first-order valence-electron chi connectivity index (χ1n) is 6.84. The van der Waals surface area contributed by atoms with Crippen molar-refractivity contribution < 1.29 is 9.84 Å². The van der Waals surface area contributed by atoms with E-state index < -0.39 is 0 Å². The number of nitrogens with one attached hydrogen (secondary N) is 1. The zero-order chi connectivity index (χ0) is 14.4. The number of hydrogen-bond donors (Lipinski definition) is 2. The molecule has 3 heteroatoms. The maximum absolute atomic E-state index is 8.90. The highest BCUT2D eigenvalue weighted by Crippen LogP contribution is 2.26. The molecular weight excluding hydrogens is 250 g/mol. The molecule has 106 valence electrons. The van der Waals surface area contributed by atoms with Crippen LogP contribution in [-0.2, 0) is 13.0 Å².